The highest BCUT2D eigenvalue weighted by atomic mass is 35.5. The fourth-order valence-corrected chi connectivity index (χ4v) is 2.66. The second-order valence-electron chi connectivity index (χ2n) is 4.92. The van der Waals surface area contributed by atoms with Gasteiger partial charge in [-0.3, -0.25) is 5.10 Å². The van der Waals surface area contributed by atoms with E-state index in [4.69, 9.17) is 21.8 Å². The van der Waals surface area contributed by atoms with E-state index < -0.39 is 0 Å². The number of aromatic amines is 1. The zero-order valence-electron chi connectivity index (χ0n) is 12.0. The first-order chi connectivity index (χ1) is 11.7. The van der Waals surface area contributed by atoms with E-state index in [0.29, 0.717) is 33.3 Å². The van der Waals surface area contributed by atoms with Crippen LogP contribution in [-0.4, -0.2) is 25.1 Å². The Balaban J connectivity index is 2.03. The highest BCUT2D eigenvalue weighted by Crippen LogP contribution is 2.34. The minimum Gasteiger partial charge on any atom is -0.442 e. The van der Waals surface area contributed by atoms with Gasteiger partial charge in [-0.2, -0.15) is 10.4 Å². The third kappa shape index (κ3) is 2.15. The standard InChI is InChI=1S/C15H8ClN7O/c16-9-2-7(1-8-4-20-23-12(8)9)13-14(11-5-19-6-24-11)22-15(18)10(3-17)21-13/h1-2,4-6H,(H2,18,22)(H,20,23). The first-order valence-corrected chi connectivity index (χ1v) is 7.14. The molecule has 9 heteroatoms. The lowest BCUT2D eigenvalue weighted by Gasteiger charge is -2.09. The number of aromatic nitrogens is 5. The number of halogens is 1. The molecule has 8 nitrogen and oxygen atoms in total. The summed E-state index contributed by atoms with van der Waals surface area (Å²) >= 11 is 6.29. The van der Waals surface area contributed by atoms with E-state index in [2.05, 4.69) is 25.1 Å². The molecular weight excluding hydrogens is 330 g/mol. The van der Waals surface area contributed by atoms with Crippen molar-refractivity contribution in [1.82, 2.24) is 25.1 Å². The average molecular weight is 338 g/mol. The van der Waals surface area contributed by atoms with E-state index in [1.165, 1.54) is 12.6 Å². The van der Waals surface area contributed by atoms with Crippen LogP contribution in [0.1, 0.15) is 5.69 Å². The number of nitriles is 1. The maximum Gasteiger partial charge on any atom is 0.183 e. The summed E-state index contributed by atoms with van der Waals surface area (Å²) in [6, 6.07) is 5.48. The van der Waals surface area contributed by atoms with Crippen LogP contribution in [0.3, 0.4) is 0 Å². The van der Waals surface area contributed by atoms with E-state index in [0.717, 1.165) is 5.39 Å². The Kier molecular flexibility index (Phi) is 3.15. The Hall–Kier alpha value is -3.44. The van der Waals surface area contributed by atoms with Crippen LogP contribution >= 0.6 is 11.6 Å². The Morgan fingerprint density at radius 3 is 2.83 bits per heavy atom. The topological polar surface area (TPSA) is 130 Å². The second-order valence-corrected chi connectivity index (χ2v) is 5.33. The number of anilines is 1. The molecule has 0 spiro atoms. The molecule has 0 atom stereocenters. The number of fused-ring (bicyclic) bond motifs is 1. The molecule has 0 aliphatic rings. The number of benzene rings is 1. The van der Waals surface area contributed by atoms with E-state index >= 15 is 0 Å². The van der Waals surface area contributed by atoms with Crippen LogP contribution in [0, 0.1) is 11.3 Å². The number of nitrogens with one attached hydrogen (secondary N) is 1. The van der Waals surface area contributed by atoms with Gasteiger partial charge >= 0.3 is 0 Å². The number of nitrogens with two attached hydrogens (primary N) is 1. The molecule has 24 heavy (non-hydrogen) atoms. The monoisotopic (exact) mass is 337 g/mol. The molecule has 0 bridgehead atoms. The first-order valence-electron chi connectivity index (χ1n) is 6.77. The second kappa shape index (κ2) is 5.33. The Labute approximate surface area is 139 Å². The summed E-state index contributed by atoms with van der Waals surface area (Å²) in [5.41, 5.74) is 7.98. The maximum atomic E-state index is 9.20. The van der Waals surface area contributed by atoms with Crippen molar-refractivity contribution < 1.29 is 4.42 Å². The fraction of sp³-hybridized carbons (Fsp3) is 0. The molecule has 1 aromatic carbocycles. The van der Waals surface area contributed by atoms with E-state index in [9.17, 15) is 5.26 Å². The molecule has 0 saturated heterocycles. The van der Waals surface area contributed by atoms with Crippen molar-refractivity contribution in [3.63, 3.8) is 0 Å². The minimum absolute atomic E-state index is 0.0168. The molecular formula is C15H8ClN7O. The molecule has 0 fully saturated rings. The number of nitrogens with zero attached hydrogens (tertiary/aromatic N) is 5. The Bertz CT molecular complexity index is 1100. The molecule has 4 rings (SSSR count). The van der Waals surface area contributed by atoms with Crippen molar-refractivity contribution in [2.24, 2.45) is 0 Å². The van der Waals surface area contributed by atoms with Gasteiger partial charge in [0, 0.05) is 10.9 Å². The Morgan fingerprint density at radius 2 is 2.08 bits per heavy atom. The summed E-state index contributed by atoms with van der Waals surface area (Å²) in [5, 5.41) is 17.3. The molecule has 116 valence electrons. The normalized spacial score (nSPS) is 10.8. The van der Waals surface area contributed by atoms with Crippen molar-refractivity contribution in [1.29, 1.82) is 5.26 Å². The molecule has 3 heterocycles. The van der Waals surface area contributed by atoms with E-state index in [1.54, 1.807) is 12.3 Å². The van der Waals surface area contributed by atoms with Gasteiger partial charge in [0.2, 0.25) is 0 Å². The van der Waals surface area contributed by atoms with Gasteiger partial charge < -0.3 is 10.2 Å². The zero-order valence-corrected chi connectivity index (χ0v) is 12.7. The largest absolute Gasteiger partial charge is 0.442 e. The predicted octanol–water partition coefficient (Wildman–Crippen LogP) is 2.78. The SMILES string of the molecule is N#Cc1nc(-c2cc(Cl)c3[nH]ncc3c2)c(-c2cnco2)nc1N. The highest BCUT2D eigenvalue weighted by Gasteiger charge is 2.19. The molecule has 0 radical (unpaired) electrons. The van der Waals surface area contributed by atoms with Crippen LogP contribution in [0.2, 0.25) is 5.02 Å². The third-order valence-electron chi connectivity index (χ3n) is 3.47. The summed E-state index contributed by atoms with van der Waals surface area (Å²) in [7, 11) is 0. The maximum absolute atomic E-state index is 9.20. The quantitative estimate of drug-likeness (QED) is 0.575. The molecule has 4 aromatic rings. The molecule has 0 aliphatic heterocycles. The molecule has 3 N–H and O–H groups in total. The van der Waals surface area contributed by atoms with Crippen molar-refractivity contribution in [2.75, 3.05) is 5.73 Å². The first kappa shape index (κ1) is 14.2. The molecule has 0 amide bonds. The number of hydrogen-bond acceptors (Lipinski definition) is 7. The van der Waals surface area contributed by atoms with Gasteiger partial charge in [0.25, 0.3) is 0 Å². The third-order valence-corrected chi connectivity index (χ3v) is 3.77. The lowest BCUT2D eigenvalue weighted by atomic mass is 10.1. The number of hydrogen-bond donors (Lipinski definition) is 2. The molecule has 3 aromatic heterocycles. The summed E-state index contributed by atoms with van der Waals surface area (Å²) in [6.45, 7) is 0. The van der Waals surface area contributed by atoms with Crippen LogP contribution in [0.15, 0.2) is 35.3 Å². The van der Waals surface area contributed by atoms with Crippen molar-refractivity contribution in [3.8, 4) is 28.8 Å². The van der Waals surface area contributed by atoms with Crippen LogP contribution in [0.5, 0.6) is 0 Å². The van der Waals surface area contributed by atoms with Crippen molar-refractivity contribution in [2.45, 2.75) is 0 Å². The zero-order chi connectivity index (χ0) is 16.7. The van der Waals surface area contributed by atoms with Crippen molar-refractivity contribution in [3.05, 3.63) is 41.6 Å². The van der Waals surface area contributed by atoms with Gasteiger partial charge in [-0.25, -0.2) is 15.0 Å². The van der Waals surface area contributed by atoms with Gasteiger partial charge in [0.15, 0.2) is 23.7 Å². The van der Waals surface area contributed by atoms with Gasteiger partial charge in [-0.15, -0.1) is 0 Å². The number of rotatable bonds is 2. The van der Waals surface area contributed by atoms with E-state index in [-0.39, 0.29) is 11.5 Å². The smallest absolute Gasteiger partial charge is 0.183 e. The highest BCUT2D eigenvalue weighted by molar-refractivity contribution is 6.35. The fourth-order valence-electron chi connectivity index (χ4n) is 2.39. The molecule has 0 saturated carbocycles. The number of nitrogen functional groups attached to an aromatic ring is 1. The van der Waals surface area contributed by atoms with Crippen LogP contribution in [0.25, 0.3) is 33.6 Å². The lowest BCUT2D eigenvalue weighted by molar-refractivity contribution is 0.570. The van der Waals surface area contributed by atoms with Crippen LogP contribution in [0.4, 0.5) is 5.82 Å². The molecule has 0 unspecified atom stereocenters. The summed E-state index contributed by atoms with van der Waals surface area (Å²) < 4.78 is 5.31. The van der Waals surface area contributed by atoms with Crippen LogP contribution < -0.4 is 5.73 Å². The average Bonchev–Trinajstić information content (AvgIpc) is 3.26. The van der Waals surface area contributed by atoms with Gasteiger partial charge in [0.1, 0.15) is 17.5 Å². The predicted molar refractivity (Wildman–Crippen MR) is 86.8 cm³/mol. The van der Waals surface area contributed by atoms with Crippen LogP contribution in [-0.2, 0) is 0 Å². The number of H-pyrrole nitrogens is 1. The van der Waals surface area contributed by atoms with E-state index in [1.807, 2.05) is 12.1 Å². The lowest BCUT2D eigenvalue weighted by Crippen LogP contribution is -2.02. The summed E-state index contributed by atoms with van der Waals surface area (Å²) in [5.74, 6) is 0.403. The molecule has 0 aliphatic carbocycles. The Morgan fingerprint density at radius 1 is 1.21 bits per heavy atom. The minimum atomic E-state index is 0.0168. The van der Waals surface area contributed by atoms with Gasteiger partial charge in [-0.1, -0.05) is 11.6 Å². The summed E-state index contributed by atoms with van der Waals surface area (Å²) in [4.78, 5) is 12.5. The van der Waals surface area contributed by atoms with Gasteiger partial charge in [-0.05, 0) is 12.1 Å². The van der Waals surface area contributed by atoms with Crippen molar-refractivity contribution >= 4 is 28.3 Å². The number of oxazole rings is 1. The van der Waals surface area contributed by atoms with Gasteiger partial charge in [0.05, 0.1) is 22.9 Å². The summed E-state index contributed by atoms with van der Waals surface area (Å²) in [6.07, 6.45) is 4.42.